The van der Waals surface area contributed by atoms with Crippen LogP contribution < -0.4 is 24.8 Å². The molecule has 0 fully saturated rings. The number of nitrogens with zero attached hydrogens (tertiary/aromatic N) is 1. The Balaban J connectivity index is 1.52. The van der Waals surface area contributed by atoms with E-state index in [1.54, 1.807) is 31.4 Å². The first-order valence-electron chi connectivity index (χ1n) is 8.55. The number of aromatic nitrogens is 1. The van der Waals surface area contributed by atoms with E-state index in [4.69, 9.17) is 14.2 Å². The van der Waals surface area contributed by atoms with Gasteiger partial charge in [0.2, 0.25) is 0 Å². The fourth-order valence-electron chi connectivity index (χ4n) is 2.98. The third kappa shape index (κ3) is 3.57. The zero-order valence-corrected chi connectivity index (χ0v) is 15.0. The first-order valence-corrected chi connectivity index (χ1v) is 8.55. The van der Waals surface area contributed by atoms with Gasteiger partial charge in [-0.05, 0) is 37.3 Å². The quantitative estimate of drug-likeness (QED) is 0.734. The summed E-state index contributed by atoms with van der Waals surface area (Å²) in [4.78, 5) is 16.8. The highest BCUT2D eigenvalue weighted by Crippen LogP contribution is 2.33. The summed E-state index contributed by atoms with van der Waals surface area (Å²) < 4.78 is 16.4. The molecule has 27 heavy (non-hydrogen) atoms. The maximum Gasteiger partial charge on any atom is 0.323 e. The van der Waals surface area contributed by atoms with Crippen molar-refractivity contribution in [3.8, 4) is 17.2 Å². The van der Waals surface area contributed by atoms with Gasteiger partial charge in [-0.1, -0.05) is 0 Å². The molecule has 7 nitrogen and oxygen atoms in total. The van der Waals surface area contributed by atoms with Gasteiger partial charge in [-0.3, -0.25) is 4.98 Å². The van der Waals surface area contributed by atoms with Crippen molar-refractivity contribution >= 4 is 28.3 Å². The number of ether oxygens (including phenoxy) is 3. The van der Waals surface area contributed by atoms with Crippen LogP contribution in [-0.2, 0) is 0 Å². The second-order valence-corrected chi connectivity index (χ2v) is 6.14. The summed E-state index contributed by atoms with van der Waals surface area (Å²) >= 11 is 0. The lowest BCUT2D eigenvalue weighted by atomic mass is 10.1. The van der Waals surface area contributed by atoms with Gasteiger partial charge in [-0.2, -0.15) is 0 Å². The molecule has 0 aliphatic carbocycles. The number of nitrogens with one attached hydrogen (secondary N) is 2. The van der Waals surface area contributed by atoms with Crippen molar-refractivity contribution < 1.29 is 19.0 Å². The second kappa shape index (κ2) is 7.03. The molecule has 1 aliphatic rings. The van der Waals surface area contributed by atoms with Gasteiger partial charge in [0.25, 0.3) is 0 Å². The Hall–Kier alpha value is -3.48. The monoisotopic (exact) mass is 365 g/mol. The van der Waals surface area contributed by atoms with Crippen LogP contribution in [0.2, 0.25) is 0 Å². The number of anilines is 2. The van der Waals surface area contributed by atoms with E-state index in [-0.39, 0.29) is 6.03 Å². The number of hydrogen-bond acceptors (Lipinski definition) is 5. The number of amides is 2. The standard InChI is InChI=1S/C20H19N3O4/c1-12-9-18(25-2)15-10-13(3-5-16(15)21-12)22-20(24)23-14-4-6-17-19(11-14)27-8-7-26-17/h3-6,9-11H,7-8H2,1-2H3,(H2,22,23,24). The summed E-state index contributed by atoms with van der Waals surface area (Å²) in [6.07, 6.45) is 0. The molecule has 3 aromatic rings. The van der Waals surface area contributed by atoms with Crippen LogP contribution in [0.1, 0.15) is 5.69 Å². The summed E-state index contributed by atoms with van der Waals surface area (Å²) in [6, 6.07) is 12.3. The van der Waals surface area contributed by atoms with E-state index >= 15 is 0 Å². The molecule has 0 bridgehead atoms. The van der Waals surface area contributed by atoms with Gasteiger partial charge in [0.15, 0.2) is 11.5 Å². The highest BCUT2D eigenvalue weighted by atomic mass is 16.6. The molecule has 1 aliphatic heterocycles. The molecule has 2 N–H and O–H groups in total. The molecule has 1 aromatic heterocycles. The molecule has 0 saturated heterocycles. The maximum atomic E-state index is 12.4. The van der Waals surface area contributed by atoms with E-state index in [1.165, 1.54) is 0 Å². The van der Waals surface area contributed by atoms with E-state index in [0.717, 1.165) is 16.6 Å². The van der Waals surface area contributed by atoms with Crippen LogP contribution in [-0.4, -0.2) is 31.3 Å². The van der Waals surface area contributed by atoms with Gasteiger partial charge in [0.05, 0.1) is 12.6 Å². The summed E-state index contributed by atoms with van der Waals surface area (Å²) in [5.41, 5.74) is 2.94. The Morgan fingerprint density at radius 2 is 1.70 bits per heavy atom. The minimum Gasteiger partial charge on any atom is -0.496 e. The lowest BCUT2D eigenvalue weighted by Crippen LogP contribution is -2.20. The predicted octanol–water partition coefficient (Wildman–Crippen LogP) is 3.97. The smallest absolute Gasteiger partial charge is 0.323 e. The molecule has 4 rings (SSSR count). The number of urea groups is 1. The number of rotatable bonds is 3. The zero-order valence-electron chi connectivity index (χ0n) is 15.0. The van der Waals surface area contributed by atoms with Crippen molar-refractivity contribution in [2.45, 2.75) is 6.92 Å². The van der Waals surface area contributed by atoms with E-state index in [0.29, 0.717) is 41.8 Å². The summed E-state index contributed by atoms with van der Waals surface area (Å²) in [7, 11) is 1.61. The first kappa shape index (κ1) is 17.0. The van der Waals surface area contributed by atoms with E-state index in [9.17, 15) is 4.79 Å². The molecule has 0 radical (unpaired) electrons. The lowest BCUT2D eigenvalue weighted by Gasteiger charge is -2.19. The first-order chi connectivity index (χ1) is 13.1. The number of carbonyl (C=O) groups is 1. The van der Waals surface area contributed by atoms with Crippen molar-refractivity contribution in [3.05, 3.63) is 48.2 Å². The fourth-order valence-corrected chi connectivity index (χ4v) is 2.98. The van der Waals surface area contributed by atoms with Crippen LogP contribution in [0.25, 0.3) is 10.9 Å². The maximum absolute atomic E-state index is 12.4. The van der Waals surface area contributed by atoms with Gasteiger partial charge in [0.1, 0.15) is 19.0 Å². The second-order valence-electron chi connectivity index (χ2n) is 6.14. The third-order valence-electron chi connectivity index (χ3n) is 4.18. The summed E-state index contributed by atoms with van der Waals surface area (Å²) in [6.45, 7) is 2.93. The van der Waals surface area contributed by atoms with Crippen LogP contribution in [0.3, 0.4) is 0 Å². The number of carbonyl (C=O) groups excluding carboxylic acids is 1. The van der Waals surface area contributed by atoms with Crippen LogP contribution in [0.4, 0.5) is 16.2 Å². The third-order valence-corrected chi connectivity index (χ3v) is 4.18. The summed E-state index contributed by atoms with van der Waals surface area (Å²) in [5, 5.41) is 6.45. The lowest BCUT2D eigenvalue weighted by molar-refractivity contribution is 0.171. The predicted molar refractivity (Wildman–Crippen MR) is 103 cm³/mol. The van der Waals surface area contributed by atoms with Crippen molar-refractivity contribution in [3.63, 3.8) is 0 Å². The number of fused-ring (bicyclic) bond motifs is 2. The molecule has 2 heterocycles. The molecule has 0 spiro atoms. The van der Waals surface area contributed by atoms with Gasteiger partial charge in [0, 0.05) is 34.6 Å². The van der Waals surface area contributed by atoms with E-state index in [1.807, 2.05) is 25.1 Å². The number of pyridine rings is 1. The molecule has 2 aromatic carbocycles. The minimum atomic E-state index is -0.356. The molecule has 0 unspecified atom stereocenters. The molecule has 138 valence electrons. The average Bonchev–Trinajstić information content (AvgIpc) is 2.67. The van der Waals surface area contributed by atoms with Gasteiger partial charge >= 0.3 is 6.03 Å². The average molecular weight is 365 g/mol. The van der Waals surface area contributed by atoms with Crippen LogP contribution in [0.15, 0.2) is 42.5 Å². The fraction of sp³-hybridized carbons (Fsp3) is 0.200. The SMILES string of the molecule is COc1cc(C)nc2ccc(NC(=O)Nc3ccc4c(c3)OCCO4)cc12. The minimum absolute atomic E-state index is 0.356. The number of aryl methyl sites for hydroxylation is 1. The normalized spacial score (nSPS) is 12.5. The van der Waals surface area contributed by atoms with Gasteiger partial charge in [-0.15, -0.1) is 0 Å². The highest BCUT2D eigenvalue weighted by molar-refractivity contribution is 6.01. The Labute approximate surface area is 156 Å². The molecule has 0 saturated carbocycles. The Bertz CT molecular complexity index is 1020. The molecular weight excluding hydrogens is 346 g/mol. The van der Waals surface area contributed by atoms with Crippen molar-refractivity contribution in [2.75, 3.05) is 31.0 Å². The Kier molecular flexibility index (Phi) is 4.42. The zero-order chi connectivity index (χ0) is 18.8. The molecule has 2 amide bonds. The number of hydrogen-bond donors (Lipinski definition) is 2. The molecular formula is C20H19N3O4. The topological polar surface area (TPSA) is 81.7 Å². The highest BCUT2D eigenvalue weighted by Gasteiger charge is 2.13. The number of methoxy groups -OCH3 is 1. The van der Waals surface area contributed by atoms with Crippen LogP contribution >= 0.6 is 0 Å². The van der Waals surface area contributed by atoms with Crippen LogP contribution in [0, 0.1) is 6.92 Å². The largest absolute Gasteiger partial charge is 0.496 e. The van der Waals surface area contributed by atoms with Gasteiger partial charge in [-0.25, -0.2) is 4.79 Å². The van der Waals surface area contributed by atoms with Crippen molar-refractivity contribution in [2.24, 2.45) is 0 Å². The number of benzene rings is 2. The van der Waals surface area contributed by atoms with Crippen LogP contribution in [0.5, 0.6) is 17.2 Å². The van der Waals surface area contributed by atoms with Gasteiger partial charge < -0.3 is 24.8 Å². The Morgan fingerprint density at radius 1 is 1.00 bits per heavy atom. The summed E-state index contributed by atoms with van der Waals surface area (Å²) in [5.74, 6) is 2.01. The van der Waals surface area contributed by atoms with Crippen molar-refractivity contribution in [1.29, 1.82) is 0 Å². The molecule has 7 heteroatoms. The molecule has 0 atom stereocenters. The van der Waals surface area contributed by atoms with E-state index in [2.05, 4.69) is 15.6 Å². The van der Waals surface area contributed by atoms with E-state index < -0.39 is 0 Å². The van der Waals surface area contributed by atoms with Crippen molar-refractivity contribution in [1.82, 2.24) is 4.98 Å². The Morgan fingerprint density at radius 3 is 2.48 bits per heavy atom.